The minimum atomic E-state index is -0.456. The molecule has 0 saturated carbocycles. The third kappa shape index (κ3) is 6.41. The molecular weight excluding hydrogens is 492 g/mol. The Morgan fingerprint density at radius 2 is 1.46 bits per heavy atom. The van der Waals surface area contributed by atoms with Gasteiger partial charge in [-0.3, -0.25) is 9.97 Å². The molecule has 0 spiro atoms. The monoisotopic (exact) mass is 511 g/mol. The van der Waals surface area contributed by atoms with Crippen molar-refractivity contribution in [2.24, 2.45) is 10.2 Å². The number of ether oxygens (including phenoxy) is 1. The molecule has 5 rings (SSSR count). The predicted molar refractivity (Wildman–Crippen MR) is 130 cm³/mol. The number of hydrogen-bond donors (Lipinski definition) is 0. The van der Waals surface area contributed by atoms with Gasteiger partial charge in [0, 0.05) is 29.1 Å². The Kier molecular flexibility index (Phi) is 8.89. The van der Waals surface area contributed by atoms with E-state index in [9.17, 15) is 10.2 Å². The van der Waals surface area contributed by atoms with Crippen molar-refractivity contribution in [1.82, 2.24) is 9.97 Å². The molecule has 0 unspecified atom stereocenters. The fourth-order valence-corrected chi connectivity index (χ4v) is 3.21. The van der Waals surface area contributed by atoms with Crippen LogP contribution in [0, 0.1) is 0 Å². The molecule has 0 saturated heterocycles. The average Bonchev–Trinajstić information content (AvgIpc) is 2.90. The average molecular weight is 512 g/mol. The molecular formula is C27H20CuN4O3. The first kappa shape index (κ1) is 25.4. The SMILES string of the molecule is COc1ccc(/C=N/N=C(\[O-])c2ccccc2)c([O-])c1.[Cu+2].c1cnc2c(c1)ccc1cccnc12. The van der Waals surface area contributed by atoms with Crippen LogP contribution in [0.3, 0.4) is 0 Å². The van der Waals surface area contributed by atoms with Crippen molar-refractivity contribution in [3.63, 3.8) is 0 Å². The van der Waals surface area contributed by atoms with Gasteiger partial charge in [0.1, 0.15) is 5.75 Å². The smallest absolute Gasteiger partial charge is 0.872 e. The Balaban J connectivity index is 0.000000200. The van der Waals surface area contributed by atoms with Crippen molar-refractivity contribution in [1.29, 1.82) is 0 Å². The maximum atomic E-state index is 11.6. The Bertz CT molecular complexity index is 1420. The van der Waals surface area contributed by atoms with E-state index in [0.717, 1.165) is 21.8 Å². The number of nitrogens with zero attached hydrogens (tertiary/aromatic N) is 4. The maximum absolute atomic E-state index is 11.6. The normalized spacial score (nSPS) is 11.1. The van der Waals surface area contributed by atoms with E-state index >= 15 is 0 Å². The van der Waals surface area contributed by atoms with Gasteiger partial charge in [0.25, 0.3) is 0 Å². The number of rotatable bonds is 4. The van der Waals surface area contributed by atoms with E-state index in [0.29, 0.717) is 16.9 Å². The third-order valence-corrected chi connectivity index (χ3v) is 4.93. The van der Waals surface area contributed by atoms with Crippen LogP contribution in [0.4, 0.5) is 0 Å². The van der Waals surface area contributed by atoms with Crippen LogP contribution in [0.1, 0.15) is 11.1 Å². The van der Waals surface area contributed by atoms with Crippen LogP contribution in [0.5, 0.6) is 11.5 Å². The van der Waals surface area contributed by atoms with Crippen LogP contribution in [0.2, 0.25) is 0 Å². The summed E-state index contributed by atoms with van der Waals surface area (Å²) >= 11 is 0. The molecule has 0 fully saturated rings. The summed E-state index contributed by atoms with van der Waals surface area (Å²) in [6, 6.07) is 25.3. The molecule has 1 radical (unpaired) electrons. The number of benzene rings is 3. The fourth-order valence-electron chi connectivity index (χ4n) is 3.21. The zero-order chi connectivity index (χ0) is 23.8. The van der Waals surface area contributed by atoms with Crippen LogP contribution in [-0.4, -0.2) is 29.2 Å². The van der Waals surface area contributed by atoms with E-state index in [1.54, 1.807) is 54.9 Å². The van der Waals surface area contributed by atoms with Crippen molar-refractivity contribution in [2.75, 3.05) is 7.11 Å². The molecule has 0 aliphatic carbocycles. The first-order chi connectivity index (χ1) is 16.7. The largest absolute Gasteiger partial charge is 2.00 e. The summed E-state index contributed by atoms with van der Waals surface area (Å²) in [5.74, 6) is -0.220. The Morgan fingerprint density at radius 3 is 2.03 bits per heavy atom. The van der Waals surface area contributed by atoms with Gasteiger partial charge in [0.05, 0.1) is 24.4 Å². The molecule has 5 aromatic rings. The molecule has 0 bridgehead atoms. The van der Waals surface area contributed by atoms with Crippen LogP contribution in [0.25, 0.3) is 21.8 Å². The van der Waals surface area contributed by atoms with Gasteiger partial charge in [-0.25, -0.2) is 0 Å². The first-order valence-corrected chi connectivity index (χ1v) is 10.4. The zero-order valence-corrected chi connectivity index (χ0v) is 19.6. The van der Waals surface area contributed by atoms with Gasteiger partial charge >= 0.3 is 17.1 Å². The molecule has 0 aliphatic rings. The fraction of sp³-hybridized carbons (Fsp3) is 0.0370. The summed E-state index contributed by atoms with van der Waals surface area (Å²) in [6.07, 6.45) is 4.86. The van der Waals surface area contributed by atoms with E-state index in [1.165, 1.54) is 19.4 Å². The van der Waals surface area contributed by atoms with Gasteiger partial charge in [0.15, 0.2) is 0 Å². The number of methoxy groups -OCH3 is 1. The molecule has 0 amide bonds. The zero-order valence-electron chi connectivity index (χ0n) is 18.6. The van der Waals surface area contributed by atoms with Gasteiger partial charge in [0.2, 0.25) is 0 Å². The van der Waals surface area contributed by atoms with Crippen LogP contribution in [0.15, 0.2) is 108 Å². The molecule has 2 aromatic heterocycles. The van der Waals surface area contributed by atoms with Crippen LogP contribution < -0.4 is 14.9 Å². The first-order valence-electron chi connectivity index (χ1n) is 10.4. The maximum Gasteiger partial charge on any atom is 2.00 e. The number of fused-ring (bicyclic) bond motifs is 3. The van der Waals surface area contributed by atoms with Crippen LogP contribution in [-0.2, 0) is 17.1 Å². The van der Waals surface area contributed by atoms with Crippen molar-refractivity contribution < 1.29 is 32.0 Å². The Hall–Kier alpha value is -4.26. The number of pyridine rings is 2. The summed E-state index contributed by atoms with van der Waals surface area (Å²) in [5, 5.41) is 32.7. The van der Waals surface area contributed by atoms with Gasteiger partial charge in [-0.2, -0.15) is 10.2 Å². The standard InChI is InChI=1S/C15H14N2O3.C12H8N2.Cu/c1-20-13-8-7-12(14(18)9-13)10-16-17-15(19)11-5-3-2-4-6-11;1-3-9-5-6-10-4-2-8-14-12(10)11(9)13-7-1;/h2-10,18H,1H3,(H,17,19);1-8H;/q;;+2/p-2/b16-10+;;. The van der Waals surface area contributed by atoms with Crippen molar-refractivity contribution in [3.05, 3.63) is 108 Å². The summed E-state index contributed by atoms with van der Waals surface area (Å²) < 4.78 is 4.93. The summed E-state index contributed by atoms with van der Waals surface area (Å²) in [6.45, 7) is 0. The minimum Gasteiger partial charge on any atom is -0.872 e. The third-order valence-electron chi connectivity index (χ3n) is 4.93. The Morgan fingerprint density at radius 1 is 0.829 bits per heavy atom. The minimum absolute atomic E-state index is 0. The van der Waals surface area contributed by atoms with Gasteiger partial charge in [-0.05, 0) is 35.4 Å². The van der Waals surface area contributed by atoms with Gasteiger partial charge in [-0.1, -0.05) is 66.4 Å². The summed E-state index contributed by atoms with van der Waals surface area (Å²) in [4.78, 5) is 8.69. The molecule has 0 aliphatic heterocycles. The quantitative estimate of drug-likeness (QED) is 0.120. The van der Waals surface area contributed by atoms with E-state index < -0.39 is 5.90 Å². The predicted octanol–water partition coefficient (Wildman–Crippen LogP) is 3.69. The molecule has 0 atom stereocenters. The second-order valence-electron chi connectivity index (χ2n) is 7.14. The van der Waals surface area contributed by atoms with Crippen molar-refractivity contribution >= 4 is 33.9 Å². The molecule has 3 aromatic carbocycles. The molecule has 2 heterocycles. The topological polar surface area (TPSA) is 106 Å². The molecule has 8 heteroatoms. The Labute approximate surface area is 213 Å². The molecule has 177 valence electrons. The summed E-state index contributed by atoms with van der Waals surface area (Å²) in [5.41, 5.74) is 2.74. The van der Waals surface area contributed by atoms with Crippen molar-refractivity contribution in [3.8, 4) is 11.5 Å². The number of hydrogen-bond acceptors (Lipinski definition) is 7. The van der Waals surface area contributed by atoms with Crippen molar-refractivity contribution in [2.45, 2.75) is 0 Å². The van der Waals surface area contributed by atoms with Gasteiger partial charge < -0.3 is 14.9 Å². The number of aromatic nitrogens is 2. The molecule has 35 heavy (non-hydrogen) atoms. The molecule has 7 nitrogen and oxygen atoms in total. The summed E-state index contributed by atoms with van der Waals surface area (Å²) in [7, 11) is 1.48. The molecule has 0 N–H and O–H groups in total. The van der Waals surface area contributed by atoms with E-state index in [-0.39, 0.29) is 22.8 Å². The van der Waals surface area contributed by atoms with E-state index in [4.69, 9.17) is 4.74 Å². The van der Waals surface area contributed by atoms with E-state index in [2.05, 4.69) is 44.4 Å². The second-order valence-corrected chi connectivity index (χ2v) is 7.14. The van der Waals surface area contributed by atoms with E-state index in [1.807, 2.05) is 12.1 Å². The second kappa shape index (κ2) is 12.3. The van der Waals surface area contributed by atoms with Crippen LogP contribution >= 0.6 is 0 Å². The van der Waals surface area contributed by atoms with Gasteiger partial charge in [-0.15, -0.1) is 0 Å².